The highest BCUT2D eigenvalue weighted by molar-refractivity contribution is 9.09. The fraction of sp³-hybridized carbons (Fsp3) is 0.400. The van der Waals surface area contributed by atoms with Crippen LogP contribution in [-0.2, 0) is 38.8 Å². The smallest absolute Gasteiger partial charge is 0.115 e. The summed E-state index contributed by atoms with van der Waals surface area (Å²) in [6.45, 7) is 3.59. The third-order valence-electron chi connectivity index (χ3n) is 6.34. The monoisotopic (exact) mass is 538 g/mol. The van der Waals surface area contributed by atoms with E-state index in [9.17, 15) is 0 Å². The summed E-state index contributed by atoms with van der Waals surface area (Å²) in [5.74, 6) is 0. The number of benzene rings is 3. The molecule has 0 unspecified atom stereocenters. The van der Waals surface area contributed by atoms with Crippen molar-refractivity contribution >= 4 is 15.9 Å². The predicted molar refractivity (Wildman–Crippen MR) is 142 cm³/mol. The maximum Gasteiger partial charge on any atom is 0.115 e. The van der Waals surface area contributed by atoms with Gasteiger partial charge >= 0.3 is 0 Å². The molecule has 3 aromatic rings. The molecule has 0 aliphatic carbocycles. The lowest BCUT2D eigenvalue weighted by Gasteiger charge is -2.45. The molecule has 1 saturated heterocycles. The standard InChI is InChI=1S/C30H35BrO4/c1-23-28(32-20-24-12-5-2-6-13-24)30(34-22-26-16-9-4-10-17-26)29(27(35-23)18-11-19-31)33-21-25-14-7-3-8-15-25/h2-10,12-17,23,27-30H,11,18-22H2,1H3/t23-,27-,28+,29+,30+/m0/s1. The third kappa shape index (κ3) is 7.73. The Morgan fingerprint density at radius 3 is 1.51 bits per heavy atom. The zero-order chi connectivity index (χ0) is 24.3. The molecule has 186 valence electrons. The predicted octanol–water partition coefficient (Wildman–Crippen LogP) is 6.71. The van der Waals surface area contributed by atoms with Crippen LogP contribution in [0, 0.1) is 0 Å². The zero-order valence-corrected chi connectivity index (χ0v) is 21.9. The summed E-state index contributed by atoms with van der Waals surface area (Å²) in [6, 6.07) is 30.8. The van der Waals surface area contributed by atoms with E-state index < -0.39 is 0 Å². The Bertz CT molecular complexity index is 969. The van der Waals surface area contributed by atoms with Crippen LogP contribution in [0.25, 0.3) is 0 Å². The third-order valence-corrected chi connectivity index (χ3v) is 6.90. The van der Waals surface area contributed by atoms with Gasteiger partial charge in [-0.25, -0.2) is 0 Å². The first kappa shape index (κ1) is 26.1. The second-order valence-corrected chi connectivity index (χ2v) is 9.79. The molecule has 4 nitrogen and oxygen atoms in total. The van der Waals surface area contributed by atoms with Crippen LogP contribution in [0.5, 0.6) is 0 Å². The zero-order valence-electron chi connectivity index (χ0n) is 20.3. The largest absolute Gasteiger partial charge is 0.370 e. The van der Waals surface area contributed by atoms with E-state index in [0.29, 0.717) is 19.8 Å². The van der Waals surface area contributed by atoms with Crippen molar-refractivity contribution in [3.05, 3.63) is 108 Å². The molecule has 1 aliphatic rings. The van der Waals surface area contributed by atoms with Crippen LogP contribution in [0.3, 0.4) is 0 Å². The van der Waals surface area contributed by atoms with Crippen LogP contribution < -0.4 is 0 Å². The molecular weight excluding hydrogens is 504 g/mol. The van der Waals surface area contributed by atoms with Gasteiger partial charge in [-0.1, -0.05) is 107 Å². The van der Waals surface area contributed by atoms with Gasteiger partial charge in [-0.05, 0) is 36.5 Å². The Hall–Kier alpha value is -2.02. The van der Waals surface area contributed by atoms with E-state index in [-0.39, 0.29) is 30.5 Å². The molecule has 0 aromatic heterocycles. The molecule has 4 rings (SSSR count). The number of hydrogen-bond acceptors (Lipinski definition) is 4. The molecule has 0 saturated carbocycles. The quantitative estimate of drug-likeness (QED) is 0.240. The van der Waals surface area contributed by atoms with Gasteiger partial charge < -0.3 is 18.9 Å². The molecule has 0 N–H and O–H groups in total. The summed E-state index contributed by atoms with van der Waals surface area (Å²) in [5, 5.41) is 0.927. The van der Waals surface area contributed by atoms with Crippen molar-refractivity contribution < 1.29 is 18.9 Å². The summed E-state index contributed by atoms with van der Waals surface area (Å²) in [7, 11) is 0. The molecule has 0 amide bonds. The van der Waals surface area contributed by atoms with Crippen LogP contribution in [0.2, 0.25) is 0 Å². The number of hydrogen-bond donors (Lipinski definition) is 0. The van der Waals surface area contributed by atoms with Crippen molar-refractivity contribution in [2.45, 2.75) is 70.1 Å². The van der Waals surface area contributed by atoms with Gasteiger partial charge in [0.15, 0.2) is 0 Å². The summed E-state index contributed by atoms with van der Waals surface area (Å²) >= 11 is 3.57. The Kier molecular flexibility index (Phi) is 10.4. The van der Waals surface area contributed by atoms with Crippen LogP contribution in [0.1, 0.15) is 36.5 Å². The lowest BCUT2D eigenvalue weighted by molar-refractivity contribution is -0.262. The van der Waals surface area contributed by atoms with E-state index in [2.05, 4.69) is 59.3 Å². The number of rotatable bonds is 12. The Morgan fingerprint density at radius 1 is 0.629 bits per heavy atom. The molecular formula is C30H35BrO4. The molecule has 35 heavy (non-hydrogen) atoms. The SMILES string of the molecule is C[C@@H]1O[C@@H](CCCBr)[C@@H](OCc2ccccc2)[C@H](OCc2ccccc2)[C@@H]1OCc1ccccc1. The topological polar surface area (TPSA) is 36.9 Å². The molecule has 1 aliphatic heterocycles. The highest BCUT2D eigenvalue weighted by atomic mass is 79.9. The molecule has 0 bridgehead atoms. The van der Waals surface area contributed by atoms with Gasteiger partial charge in [0.05, 0.1) is 32.0 Å². The molecule has 3 aromatic carbocycles. The van der Waals surface area contributed by atoms with E-state index in [1.165, 1.54) is 0 Å². The molecule has 1 heterocycles. The van der Waals surface area contributed by atoms with E-state index in [4.69, 9.17) is 18.9 Å². The minimum Gasteiger partial charge on any atom is -0.370 e. The summed E-state index contributed by atoms with van der Waals surface area (Å²) in [5.41, 5.74) is 3.39. The first-order valence-electron chi connectivity index (χ1n) is 12.4. The van der Waals surface area contributed by atoms with Gasteiger partial charge in [-0.15, -0.1) is 0 Å². The van der Waals surface area contributed by atoms with Gasteiger partial charge in [0.1, 0.15) is 18.3 Å². The summed E-state index contributed by atoms with van der Waals surface area (Å²) in [6.07, 6.45) is 0.969. The Balaban J connectivity index is 1.55. The van der Waals surface area contributed by atoms with E-state index in [0.717, 1.165) is 34.9 Å². The van der Waals surface area contributed by atoms with Crippen LogP contribution in [0.15, 0.2) is 91.0 Å². The summed E-state index contributed by atoms with van der Waals surface area (Å²) in [4.78, 5) is 0. The fourth-order valence-corrected chi connectivity index (χ4v) is 4.85. The van der Waals surface area contributed by atoms with Gasteiger partial charge in [0.25, 0.3) is 0 Å². The van der Waals surface area contributed by atoms with Crippen molar-refractivity contribution in [2.24, 2.45) is 0 Å². The summed E-state index contributed by atoms with van der Waals surface area (Å²) < 4.78 is 26.2. The first-order chi connectivity index (χ1) is 17.2. The first-order valence-corrected chi connectivity index (χ1v) is 13.5. The van der Waals surface area contributed by atoms with Crippen LogP contribution in [0.4, 0.5) is 0 Å². The molecule has 1 fully saturated rings. The average Bonchev–Trinajstić information content (AvgIpc) is 2.91. The maximum absolute atomic E-state index is 6.61. The van der Waals surface area contributed by atoms with Crippen molar-refractivity contribution in [2.75, 3.05) is 5.33 Å². The second kappa shape index (κ2) is 13.9. The highest BCUT2D eigenvalue weighted by Gasteiger charge is 2.46. The van der Waals surface area contributed by atoms with E-state index in [1.54, 1.807) is 0 Å². The minimum atomic E-state index is -0.258. The van der Waals surface area contributed by atoms with Crippen molar-refractivity contribution in [1.29, 1.82) is 0 Å². The van der Waals surface area contributed by atoms with Gasteiger partial charge in [-0.3, -0.25) is 0 Å². The molecule has 0 radical (unpaired) electrons. The lowest BCUT2D eigenvalue weighted by atomic mass is 9.92. The maximum atomic E-state index is 6.61. The van der Waals surface area contributed by atoms with Crippen LogP contribution >= 0.6 is 15.9 Å². The number of alkyl halides is 1. The van der Waals surface area contributed by atoms with Gasteiger partial charge in [-0.2, -0.15) is 0 Å². The highest BCUT2D eigenvalue weighted by Crippen LogP contribution is 2.32. The second-order valence-electron chi connectivity index (χ2n) is 8.99. The molecule has 5 heteroatoms. The number of halogens is 1. The van der Waals surface area contributed by atoms with Crippen molar-refractivity contribution in [1.82, 2.24) is 0 Å². The van der Waals surface area contributed by atoms with Crippen molar-refractivity contribution in [3.8, 4) is 0 Å². The van der Waals surface area contributed by atoms with E-state index >= 15 is 0 Å². The molecule has 5 atom stereocenters. The number of ether oxygens (including phenoxy) is 4. The molecule has 0 spiro atoms. The van der Waals surface area contributed by atoms with Crippen LogP contribution in [-0.4, -0.2) is 35.8 Å². The van der Waals surface area contributed by atoms with Gasteiger partial charge in [0.2, 0.25) is 0 Å². The fourth-order valence-electron chi connectivity index (χ4n) is 4.53. The normalized spacial score (nSPS) is 24.3. The Labute approximate surface area is 217 Å². The lowest BCUT2D eigenvalue weighted by Crippen LogP contribution is -2.59. The van der Waals surface area contributed by atoms with Gasteiger partial charge in [0, 0.05) is 5.33 Å². The minimum absolute atomic E-state index is 0.0661. The Morgan fingerprint density at radius 2 is 1.06 bits per heavy atom. The van der Waals surface area contributed by atoms with E-state index in [1.807, 2.05) is 54.6 Å². The average molecular weight is 540 g/mol. The van der Waals surface area contributed by atoms with Crippen molar-refractivity contribution in [3.63, 3.8) is 0 Å².